The Morgan fingerprint density at radius 1 is 1.30 bits per heavy atom. The third-order valence-electron chi connectivity index (χ3n) is 3.36. The van der Waals surface area contributed by atoms with E-state index in [4.69, 9.17) is 4.42 Å². The number of aliphatic hydroxyl groups is 1. The first-order valence-corrected chi connectivity index (χ1v) is 6.91. The predicted molar refractivity (Wildman–Crippen MR) is 79.8 cm³/mol. The zero-order chi connectivity index (χ0) is 14.3. The van der Waals surface area contributed by atoms with E-state index in [1.807, 2.05) is 25.1 Å². The van der Waals surface area contributed by atoms with Gasteiger partial charge in [0, 0.05) is 4.47 Å². The number of nitrogens with one attached hydrogen (secondary N) is 1. The minimum absolute atomic E-state index is 0.444. The summed E-state index contributed by atoms with van der Waals surface area (Å²) in [5, 5.41) is 10.5. The number of fused-ring (bicyclic) bond motifs is 1. The van der Waals surface area contributed by atoms with Crippen LogP contribution in [0.25, 0.3) is 11.1 Å². The molecule has 2 N–H and O–H groups in total. The van der Waals surface area contributed by atoms with Gasteiger partial charge in [-0.15, -0.1) is 0 Å². The Morgan fingerprint density at radius 3 is 2.90 bits per heavy atom. The molecular formula is C15H12BrNO3. The standard InChI is InChI=1S/C15H12BrNO3/c1-8-10(3-2-4-11(8)16)14(18)9-5-6-12-13(7-9)20-15(19)17-12/h2-7,14,18H,1H3,(H,17,19). The molecule has 1 atom stereocenters. The normalized spacial score (nSPS) is 12.8. The summed E-state index contributed by atoms with van der Waals surface area (Å²) in [6, 6.07) is 10.9. The van der Waals surface area contributed by atoms with Gasteiger partial charge in [0.2, 0.25) is 0 Å². The van der Waals surface area contributed by atoms with E-state index in [1.165, 1.54) is 0 Å². The molecular weight excluding hydrogens is 322 g/mol. The summed E-state index contributed by atoms with van der Waals surface area (Å²) in [6.45, 7) is 1.94. The number of halogens is 1. The van der Waals surface area contributed by atoms with Crippen LogP contribution in [0.3, 0.4) is 0 Å². The van der Waals surface area contributed by atoms with E-state index in [9.17, 15) is 9.90 Å². The Kier molecular flexibility index (Phi) is 3.23. The lowest BCUT2D eigenvalue weighted by molar-refractivity contribution is 0.219. The van der Waals surface area contributed by atoms with E-state index in [0.29, 0.717) is 16.7 Å². The van der Waals surface area contributed by atoms with Crippen molar-refractivity contribution < 1.29 is 9.52 Å². The van der Waals surface area contributed by atoms with Gasteiger partial charge in [-0.05, 0) is 41.8 Å². The van der Waals surface area contributed by atoms with E-state index >= 15 is 0 Å². The van der Waals surface area contributed by atoms with E-state index in [1.54, 1.807) is 18.2 Å². The van der Waals surface area contributed by atoms with Crippen LogP contribution in [-0.4, -0.2) is 10.1 Å². The van der Waals surface area contributed by atoms with Gasteiger partial charge in [0.15, 0.2) is 5.58 Å². The van der Waals surface area contributed by atoms with Crippen LogP contribution in [0.1, 0.15) is 22.8 Å². The molecule has 1 aromatic heterocycles. The molecule has 3 aromatic rings. The second-order valence-corrected chi connectivity index (χ2v) is 5.48. The Balaban J connectivity index is 2.09. The average molecular weight is 334 g/mol. The number of hydrogen-bond donors (Lipinski definition) is 2. The highest BCUT2D eigenvalue weighted by molar-refractivity contribution is 9.10. The van der Waals surface area contributed by atoms with Gasteiger partial charge >= 0.3 is 5.76 Å². The Hall–Kier alpha value is -1.85. The van der Waals surface area contributed by atoms with E-state index < -0.39 is 11.9 Å². The van der Waals surface area contributed by atoms with Crippen molar-refractivity contribution in [1.29, 1.82) is 0 Å². The van der Waals surface area contributed by atoms with Gasteiger partial charge < -0.3 is 9.52 Å². The topological polar surface area (TPSA) is 66.2 Å². The van der Waals surface area contributed by atoms with E-state index in [-0.39, 0.29) is 0 Å². The fourth-order valence-corrected chi connectivity index (χ4v) is 2.61. The SMILES string of the molecule is Cc1c(Br)cccc1C(O)c1ccc2[nH]c(=O)oc2c1. The van der Waals surface area contributed by atoms with Crippen molar-refractivity contribution in [3.8, 4) is 0 Å². The number of aromatic amines is 1. The van der Waals surface area contributed by atoms with Crippen molar-refractivity contribution in [2.75, 3.05) is 0 Å². The summed E-state index contributed by atoms with van der Waals surface area (Å²) in [5.74, 6) is -0.495. The molecule has 102 valence electrons. The largest absolute Gasteiger partial charge is 0.417 e. The first kappa shape index (κ1) is 13.1. The molecule has 0 aliphatic carbocycles. The van der Waals surface area contributed by atoms with Crippen LogP contribution in [0.5, 0.6) is 0 Å². The maximum Gasteiger partial charge on any atom is 0.417 e. The monoisotopic (exact) mass is 333 g/mol. The van der Waals surface area contributed by atoms with Gasteiger partial charge in [0.1, 0.15) is 6.10 Å². The number of benzene rings is 2. The highest BCUT2D eigenvalue weighted by Crippen LogP contribution is 2.30. The molecule has 0 saturated heterocycles. The fraction of sp³-hybridized carbons (Fsp3) is 0.133. The van der Waals surface area contributed by atoms with Crippen LogP contribution < -0.4 is 5.76 Å². The molecule has 3 rings (SSSR count). The van der Waals surface area contributed by atoms with Crippen LogP contribution in [0, 0.1) is 6.92 Å². The van der Waals surface area contributed by atoms with Gasteiger partial charge in [-0.1, -0.05) is 34.1 Å². The highest BCUT2D eigenvalue weighted by Gasteiger charge is 2.15. The first-order valence-electron chi connectivity index (χ1n) is 6.12. The number of aliphatic hydroxyl groups excluding tert-OH is 1. The summed E-state index contributed by atoms with van der Waals surface area (Å²) in [5.41, 5.74) is 3.55. The first-order chi connectivity index (χ1) is 9.56. The molecule has 0 saturated carbocycles. The van der Waals surface area contributed by atoms with Gasteiger partial charge in [-0.25, -0.2) is 4.79 Å². The summed E-state index contributed by atoms with van der Waals surface area (Å²) >= 11 is 3.45. The predicted octanol–water partition coefficient (Wildman–Crippen LogP) is 3.27. The van der Waals surface area contributed by atoms with Crippen LogP contribution >= 0.6 is 15.9 Å². The molecule has 0 spiro atoms. The number of aromatic nitrogens is 1. The smallest absolute Gasteiger partial charge is 0.408 e. The summed E-state index contributed by atoms with van der Waals surface area (Å²) < 4.78 is 5.96. The molecule has 0 fully saturated rings. The van der Waals surface area contributed by atoms with Crippen LogP contribution in [0.15, 0.2) is 50.1 Å². The van der Waals surface area contributed by atoms with E-state index in [2.05, 4.69) is 20.9 Å². The van der Waals surface area contributed by atoms with Crippen molar-refractivity contribution in [2.45, 2.75) is 13.0 Å². The van der Waals surface area contributed by atoms with Gasteiger partial charge in [-0.2, -0.15) is 0 Å². The summed E-state index contributed by atoms with van der Waals surface area (Å²) in [7, 11) is 0. The number of oxazole rings is 1. The van der Waals surface area contributed by atoms with Gasteiger partial charge in [0.25, 0.3) is 0 Å². The molecule has 0 aliphatic heterocycles. The molecule has 1 unspecified atom stereocenters. The lowest BCUT2D eigenvalue weighted by Gasteiger charge is -2.15. The van der Waals surface area contributed by atoms with Gasteiger partial charge in [-0.3, -0.25) is 4.98 Å². The third-order valence-corrected chi connectivity index (χ3v) is 4.22. The molecule has 2 aromatic carbocycles. The molecule has 0 amide bonds. The number of H-pyrrole nitrogens is 1. The van der Waals surface area contributed by atoms with Crippen LogP contribution in [0.2, 0.25) is 0 Å². The van der Waals surface area contributed by atoms with E-state index in [0.717, 1.165) is 15.6 Å². The molecule has 1 heterocycles. The van der Waals surface area contributed by atoms with Crippen molar-refractivity contribution >= 4 is 27.0 Å². The fourth-order valence-electron chi connectivity index (χ4n) is 2.23. The molecule has 4 nitrogen and oxygen atoms in total. The van der Waals surface area contributed by atoms with Crippen molar-refractivity contribution in [2.24, 2.45) is 0 Å². The molecule has 20 heavy (non-hydrogen) atoms. The molecule has 0 bridgehead atoms. The minimum Gasteiger partial charge on any atom is -0.408 e. The van der Waals surface area contributed by atoms with Crippen molar-refractivity contribution in [3.05, 3.63) is 68.1 Å². The Morgan fingerprint density at radius 2 is 2.10 bits per heavy atom. The molecule has 0 aliphatic rings. The molecule has 5 heteroatoms. The second kappa shape index (κ2) is 4.92. The highest BCUT2D eigenvalue weighted by atomic mass is 79.9. The third kappa shape index (κ3) is 2.19. The van der Waals surface area contributed by atoms with Crippen LogP contribution in [0.4, 0.5) is 0 Å². The maximum absolute atomic E-state index is 11.1. The zero-order valence-corrected chi connectivity index (χ0v) is 12.3. The lowest BCUT2D eigenvalue weighted by Crippen LogP contribution is -2.02. The van der Waals surface area contributed by atoms with Crippen molar-refractivity contribution in [1.82, 2.24) is 4.98 Å². The Labute approximate surface area is 123 Å². The summed E-state index contributed by atoms with van der Waals surface area (Å²) in [4.78, 5) is 13.7. The summed E-state index contributed by atoms with van der Waals surface area (Å²) in [6.07, 6.45) is -0.767. The quantitative estimate of drug-likeness (QED) is 0.756. The Bertz CT molecular complexity index is 834. The lowest BCUT2D eigenvalue weighted by atomic mass is 9.97. The molecule has 0 radical (unpaired) electrons. The zero-order valence-electron chi connectivity index (χ0n) is 10.7. The van der Waals surface area contributed by atoms with Crippen LogP contribution in [-0.2, 0) is 0 Å². The maximum atomic E-state index is 11.1. The van der Waals surface area contributed by atoms with Crippen molar-refractivity contribution in [3.63, 3.8) is 0 Å². The second-order valence-electron chi connectivity index (χ2n) is 4.63. The average Bonchev–Trinajstić information content (AvgIpc) is 2.80. The number of rotatable bonds is 2. The number of hydrogen-bond acceptors (Lipinski definition) is 3. The minimum atomic E-state index is -0.767. The van der Waals surface area contributed by atoms with Gasteiger partial charge in [0.05, 0.1) is 5.52 Å².